The SMILES string of the molecule is CN(C)c1cccc(Nc2nc3ccncc3c3nc(C(=O)O)cn23)c1. The second kappa shape index (κ2) is 5.99. The summed E-state index contributed by atoms with van der Waals surface area (Å²) in [7, 11) is 3.93. The van der Waals surface area contributed by atoms with Crippen molar-refractivity contribution >= 4 is 39.8 Å². The summed E-state index contributed by atoms with van der Waals surface area (Å²) >= 11 is 0. The van der Waals surface area contributed by atoms with Crippen LogP contribution in [0.3, 0.4) is 0 Å². The Morgan fingerprint density at radius 1 is 1.23 bits per heavy atom. The molecular formula is C18H16N6O2. The summed E-state index contributed by atoms with van der Waals surface area (Å²) in [4.78, 5) is 26.3. The van der Waals surface area contributed by atoms with Crippen molar-refractivity contribution in [3.05, 3.63) is 54.6 Å². The van der Waals surface area contributed by atoms with Crippen LogP contribution in [0.2, 0.25) is 0 Å². The molecule has 0 amide bonds. The smallest absolute Gasteiger partial charge is 0.356 e. The largest absolute Gasteiger partial charge is 0.476 e. The predicted octanol–water partition coefficient (Wildman–Crippen LogP) is 2.79. The van der Waals surface area contributed by atoms with Gasteiger partial charge < -0.3 is 15.3 Å². The number of imidazole rings is 1. The summed E-state index contributed by atoms with van der Waals surface area (Å²) in [6.07, 6.45) is 4.73. The third-order valence-electron chi connectivity index (χ3n) is 4.04. The molecule has 0 saturated heterocycles. The van der Waals surface area contributed by atoms with E-state index in [4.69, 9.17) is 0 Å². The van der Waals surface area contributed by atoms with Crippen LogP contribution in [0.5, 0.6) is 0 Å². The first-order valence-electron chi connectivity index (χ1n) is 7.93. The van der Waals surface area contributed by atoms with Gasteiger partial charge in [-0.15, -0.1) is 0 Å². The van der Waals surface area contributed by atoms with E-state index in [1.165, 1.54) is 6.20 Å². The molecule has 0 spiro atoms. The minimum atomic E-state index is -1.09. The summed E-state index contributed by atoms with van der Waals surface area (Å²) in [6, 6.07) is 9.62. The number of carboxylic acid groups (broad SMARTS) is 1. The quantitative estimate of drug-likeness (QED) is 0.585. The number of hydrogen-bond acceptors (Lipinski definition) is 6. The zero-order valence-electron chi connectivity index (χ0n) is 14.2. The average Bonchev–Trinajstić information content (AvgIpc) is 3.08. The number of hydrogen-bond donors (Lipinski definition) is 2. The fraction of sp³-hybridized carbons (Fsp3) is 0.111. The standard InChI is InChI=1S/C18H16N6O2/c1-23(2)12-5-3-4-11(8-12)20-18-22-14-6-7-19-9-13(14)16-21-15(17(25)26)10-24(16)18/h3-10H,1-2H3,(H,20,22)(H,25,26). The average molecular weight is 348 g/mol. The predicted molar refractivity (Wildman–Crippen MR) is 99.3 cm³/mol. The molecule has 0 aliphatic rings. The van der Waals surface area contributed by atoms with Gasteiger partial charge in [0, 0.05) is 44.1 Å². The molecule has 0 aliphatic carbocycles. The van der Waals surface area contributed by atoms with Crippen molar-refractivity contribution in [3.63, 3.8) is 0 Å². The van der Waals surface area contributed by atoms with Crippen LogP contribution in [0.4, 0.5) is 17.3 Å². The lowest BCUT2D eigenvalue weighted by Gasteiger charge is -2.15. The first kappa shape index (κ1) is 15.8. The molecule has 1 aromatic carbocycles. The molecule has 0 unspecified atom stereocenters. The van der Waals surface area contributed by atoms with Gasteiger partial charge in [-0.25, -0.2) is 14.8 Å². The summed E-state index contributed by atoms with van der Waals surface area (Å²) in [5, 5.41) is 13.2. The Morgan fingerprint density at radius 2 is 2.08 bits per heavy atom. The molecule has 3 heterocycles. The number of aromatic carboxylic acids is 1. The van der Waals surface area contributed by atoms with Crippen LogP contribution in [0, 0.1) is 0 Å². The highest BCUT2D eigenvalue weighted by Crippen LogP contribution is 2.25. The van der Waals surface area contributed by atoms with E-state index in [0.29, 0.717) is 22.5 Å². The molecule has 8 nitrogen and oxygen atoms in total. The summed E-state index contributed by atoms with van der Waals surface area (Å²) in [5.74, 6) is -0.610. The highest BCUT2D eigenvalue weighted by Gasteiger charge is 2.15. The maximum atomic E-state index is 11.4. The Labute approximate surface area is 148 Å². The van der Waals surface area contributed by atoms with Gasteiger partial charge in [-0.1, -0.05) is 6.07 Å². The van der Waals surface area contributed by atoms with Crippen LogP contribution in [-0.2, 0) is 0 Å². The summed E-state index contributed by atoms with van der Waals surface area (Å²) < 4.78 is 1.63. The number of fused-ring (bicyclic) bond motifs is 3. The third kappa shape index (κ3) is 2.67. The van der Waals surface area contributed by atoms with Crippen molar-refractivity contribution in [1.29, 1.82) is 0 Å². The van der Waals surface area contributed by atoms with Gasteiger partial charge in [0.1, 0.15) is 0 Å². The topological polar surface area (TPSA) is 95.6 Å². The van der Waals surface area contributed by atoms with Gasteiger partial charge in [0.05, 0.1) is 10.9 Å². The van der Waals surface area contributed by atoms with Crippen LogP contribution in [-0.4, -0.2) is 44.5 Å². The van der Waals surface area contributed by atoms with Crippen molar-refractivity contribution < 1.29 is 9.90 Å². The maximum Gasteiger partial charge on any atom is 0.356 e. The molecule has 2 N–H and O–H groups in total. The van der Waals surface area contributed by atoms with Crippen molar-refractivity contribution in [2.75, 3.05) is 24.3 Å². The van der Waals surface area contributed by atoms with E-state index < -0.39 is 5.97 Å². The van der Waals surface area contributed by atoms with E-state index in [1.807, 2.05) is 43.3 Å². The lowest BCUT2D eigenvalue weighted by Crippen LogP contribution is -2.09. The number of rotatable bonds is 4. The number of nitrogens with zero attached hydrogens (tertiary/aromatic N) is 5. The number of benzene rings is 1. The molecule has 4 rings (SSSR count). The molecule has 0 radical (unpaired) electrons. The van der Waals surface area contributed by atoms with Gasteiger partial charge in [0.15, 0.2) is 11.3 Å². The zero-order valence-corrected chi connectivity index (χ0v) is 14.2. The Kier molecular flexibility index (Phi) is 3.65. The molecule has 0 saturated carbocycles. The van der Waals surface area contributed by atoms with E-state index in [-0.39, 0.29) is 5.69 Å². The van der Waals surface area contributed by atoms with Crippen LogP contribution in [0.25, 0.3) is 16.6 Å². The maximum absolute atomic E-state index is 11.4. The first-order valence-corrected chi connectivity index (χ1v) is 7.93. The van der Waals surface area contributed by atoms with Crippen LogP contribution in [0.1, 0.15) is 10.5 Å². The second-order valence-electron chi connectivity index (χ2n) is 6.02. The highest BCUT2D eigenvalue weighted by molar-refractivity contribution is 5.95. The minimum absolute atomic E-state index is 0.0479. The lowest BCUT2D eigenvalue weighted by molar-refractivity contribution is 0.0691. The number of carboxylic acids is 1. The van der Waals surface area contributed by atoms with Gasteiger partial charge in [0.2, 0.25) is 5.95 Å². The molecule has 4 aromatic rings. The molecule has 0 atom stereocenters. The van der Waals surface area contributed by atoms with Crippen molar-refractivity contribution in [2.45, 2.75) is 0 Å². The van der Waals surface area contributed by atoms with E-state index in [9.17, 15) is 9.90 Å². The van der Waals surface area contributed by atoms with E-state index in [1.54, 1.807) is 22.9 Å². The molecule has 3 aromatic heterocycles. The third-order valence-corrected chi connectivity index (χ3v) is 4.04. The van der Waals surface area contributed by atoms with Gasteiger partial charge >= 0.3 is 5.97 Å². The summed E-state index contributed by atoms with van der Waals surface area (Å²) in [5.41, 5.74) is 3.00. The molecular weight excluding hydrogens is 332 g/mol. The fourth-order valence-electron chi connectivity index (χ4n) is 2.74. The Hall–Kier alpha value is -3.68. The Morgan fingerprint density at radius 3 is 2.85 bits per heavy atom. The number of pyridine rings is 1. The van der Waals surface area contributed by atoms with E-state index >= 15 is 0 Å². The Balaban J connectivity index is 1.90. The normalized spacial score (nSPS) is 11.0. The number of nitrogens with one attached hydrogen (secondary N) is 1. The van der Waals surface area contributed by atoms with Crippen molar-refractivity contribution in [2.24, 2.45) is 0 Å². The molecule has 0 bridgehead atoms. The molecule has 130 valence electrons. The summed E-state index contributed by atoms with van der Waals surface area (Å²) in [6.45, 7) is 0. The number of anilines is 3. The van der Waals surface area contributed by atoms with Gasteiger partial charge in [-0.2, -0.15) is 0 Å². The Bertz CT molecular complexity index is 1140. The van der Waals surface area contributed by atoms with Crippen LogP contribution in [0.15, 0.2) is 48.9 Å². The van der Waals surface area contributed by atoms with E-state index in [0.717, 1.165) is 11.4 Å². The van der Waals surface area contributed by atoms with Crippen LogP contribution >= 0.6 is 0 Å². The van der Waals surface area contributed by atoms with E-state index in [2.05, 4.69) is 20.3 Å². The van der Waals surface area contributed by atoms with Gasteiger partial charge in [0.25, 0.3) is 0 Å². The zero-order chi connectivity index (χ0) is 18.3. The highest BCUT2D eigenvalue weighted by atomic mass is 16.4. The molecule has 8 heteroatoms. The first-order chi connectivity index (χ1) is 12.5. The van der Waals surface area contributed by atoms with Crippen LogP contribution < -0.4 is 10.2 Å². The fourth-order valence-corrected chi connectivity index (χ4v) is 2.74. The van der Waals surface area contributed by atoms with Gasteiger partial charge in [-0.3, -0.25) is 9.38 Å². The van der Waals surface area contributed by atoms with Gasteiger partial charge in [-0.05, 0) is 24.3 Å². The number of aromatic nitrogens is 4. The monoisotopic (exact) mass is 348 g/mol. The second-order valence-corrected chi connectivity index (χ2v) is 6.02. The molecule has 26 heavy (non-hydrogen) atoms. The molecule has 0 aliphatic heterocycles. The number of carbonyl (C=O) groups is 1. The van der Waals surface area contributed by atoms with Crippen molar-refractivity contribution in [1.82, 2.24) is 19.4 Å². The minimum Gasteiger partial charge on any atom is -0.476 e. The lowest BCUT2D eigenvalue weighted by atomic mass is 10.2. The van der Waals surface area contributed by atoms with Crippen molar-refractivity contribution in [3.8, 4) is 0 Å². The molecule has 0 fully saturated rings.